The van der Waals surface area contributed by atoms with E-state index in [1.165, 1.54) is 6.07 Å². The van der Waals surface area contributed by atoms with E-state index in [-0.39, 0.29) is 16.5 Å². The molecule has 2 N–H and O–H groups in total. The molecule has 4 nitrogen and oxygen atoms in total. The van der Waals surface area contributed by atoms with Crippen molar-refractivity contribution in [1.82, 2.24) is 10.2 Å². The van der Waals surface area contributed by atoms with Crippen molar-refractivity contribution in [2.45, 2.75) is 45.2 Å². The predicted molar refractivity (Wildman–Crippen MR) is 91.8 cm³/mol. The van der Waals surface area contributed by atoms with Crippen LogP contribution in [-0.4, -0.2) is 35.5 Å². The van der Waals surface area contributed by atoms with Gasteiger partial charge in [-0.05, 0) is 63.1 Å². The summed E-state index contributed by atoms with van der Waals surface area (Å²) in [6, 6.07) is 2.02. The Morgan fingerprint density at radius 2 is 2.08 bits per heavy atom. The minimum atomic E-state index is -0.892. The van der Waals surface area contributed by atoms with Crippen molar-refractivity contribution in [3.05, 3.63) is 28.0 Å². The molecular formula is C18H24ClFN2O2. The second kappa shape index (κ2) is 6.89. The Balaban J connectivity index is 1.64. The number of halogens is 2. The summed E-state index contributed by atoms with van der Waals surface area (Å²) in [4.78, 5) is 14.2. The molecule has 0 spiro atoms. The number of hydrogen-bond acceptors (Lipinski definition) is 3. The molecule has 1 heterocycles. The van der Waals surface area contributed by atoms with Crippen molar-refractivity contribution >= 4 is 17.5 Å². The van der Waals surface area contributed by atoms with E-state index in [1.54, 1.807) is 4.90 Å². The zero-order valence-electron chi connectivity index (χ0n) is 14.1. The summed E-state index contributed by atoms with van der Waals surface area (Å²) in [5.74, 6) is -0.717. The molecule has 0 saturated heterocycles. The lowest BCUT2D eigenvalue weighted by atomic mass is 9.79. The summed E-state index contributed by atoms with van der Waals surface area (Å²) in [5, 5.41) is 12.9. The van der Waals surface area contributed by atoms with E-state index in [4.69, 9.17) is 11.6 Å². The van der Waals surface area contributed by atoms with Crippen LogP contribution in [0.3, 0.4) is 0 Å². The number of aromatic hydroxyl groups is 1. The fourth-order valence-electron chi connectivity index (χ4n) is 4.01. The fraction of sp³-hybridized carbons (Fsp3) is 0.611. The van der Waals surface area contributed by atoms with Gasteiger partial charge in [0.25, 0.3) is 5.91 Å². The number of benzene rings is 1. The second-order valence-corrected chi connectivity index (χ2v) is 7.51. The molecule has 0 bridgehead atoms. The molecule has 24 heavy (non-hydrogen) atoms. The fourth-order valence-corrected chi connectivity index (χ4v) is 4.23. The average molecular weight is 355 g/mol. The number of rotatable bonds is 4. The molecule has 1 aliphatic heterocycles. The molecule has 1 aromatic rings. The van der Waals surface area contributed by atoms with Crippen molar-refractivity contribution in [3.8, 4) is 5.75 Å². The monoisotopic (exact) mass is 354 g/mol. The van der Waals surface area contributed by atoms with E-state index in [0.29, 0.717) is 36.5 Å². The molecule has 132 valence electrons. The lowest BCUT2D eigenvalue weighted by Crippen LogP contribution is -2.36. The first-order valence-electron chi connectivity index (χ1n) is 8.58. The van der Waals surface area contributed by atoms with E-state index in [1.807, 2.05) is 7.05 Å². The summed E-state index contributed by atoms with van der Waals surface area (Å²) >= 11 is 5.82. The van der Waals surface area contributed by atoms with Gasteiger partial charge in [-0.2, -0.15) is 0 Å². The minimum absolute atomic E-state index is 0.0191. The number of carbonyl (C=O) groups is 1. The van der Waals surface area contributed by atoms with E-state index in [2.05, 4.69) is 12.2 Å². The first-order valence-corrected chi connectivity index (χ1v) is 8.96. The molecule has 1 fully saturated rings. The van der Waals surface area contributed by atoms with Gasteiger partial charge in [-0.25, -0.2) is 4.39 Å². The molecule has 1 unspecified atom stereocenters. The van der Waals surface area contributed by atoms with Crippen LogP contribution < -0.4 is 5.32 Å². The molecule has 1 aliphatic carbocycles. The highest BCUT2D eigenvalue weighted by Gasteiger charge is 2.35. The highest BCUT2D eigenvalue weighted by molar-refractivity contribution is 6.32. The normalized spacial score (nSPS) is 25.0. The van der Waals surface area contributed by atoms with Crippen LogP contribution in [0, 0.1) is 17.7 Å². The Labute approximate surface area is 147 Å². The van der Waals surface area contributed by atoms with Crippen LogP contribution in [0.2, 0.25) is 5.02 Å². The summed E-state index contributed by atoms with van der Waals surface area (Å²) < 4.78 is 14.2. The molecule has 0 aromatic heterocycles. The van der Waals surface area contributed by atoms with Gasteiger partial charge in [0.15, 0.2) is 11.6 Å². The first-order chi connectivity index (χ1) is 11.4. The van der Waals surface area contributed by atoms with Crippen LogP contribution in [0.15, 0.2) is 6.07 Å². The van der Waals surface area contributed by atoms with Gasteiger partial charge < -0.3 is 15.3 Å². The second-order valence-electron chi connectivity index (χ2n) is 7.10. The van der Waals surface area contributed by atoms with Gasteiger partial charge in [0.2, 0.25) is 0 Å². The predicted octanol–water partition coefficient (Wildman–Crippen LogP) is 3.55. The Morgan fingerprint density at radius 1 is 1.42 bits per heavy atom. The van der Waals surface area contributed by atoms with Crippen molar-refractivity contribution < 1.29 is 14.3 Å². The first kappa shape index (κ1) is 17.5. The Morgan fingerprint density at radius 3 is 2.71 bits per heavy atom. The van der Waals surface area contributed by atoms with Gasteiger partial charge in [-0.15, -0.1) is 0 Å². The maximum atomic E-state index is 14.2. The summed E-state index contributed by atoms with van der Waals surface area (Å²) in [7, 11) is 1.99. The Kier molecular flexibility index (Phi) is 5.02. The summed E-state index contributed by atoms with van der Waals surface area (Å²) in [5.41, 5.74) is 0.548. The number of nitrogens with zero attached hydrogens (tertiary/aromatic N) is 1. The van der Waals surface area contributed by atoms with E-state index >= 15 is 0 Å². The van der Waals surface area contributed by atoms with Gasteiger partial charge >= 0.3 is 0 Å². The van der Waals surface area contributed by atoms with Gasteiger partial charge in [0.1, 0.15) is 0 Å². The number of fused-ring (bicyclic) bond motifs is 1. The zero-order valence-corrected chi connectivity index (χ0v) is 14.9. The van der Waals surface area contributed by atoms with Crippen LogP contribution in [0.4, 0.5) is 4.39 Å². The maximum absolute atomic E-state index is 14.2. The molecule has 3 rings (SSSR count). The largest absolute Gasteiger partial charge is 0.504 e. The number of nitrogens with one attached hydrogen (secondary N) is 1. The molecule has 1 aromatic carbocycles. The van der Waals surface area contributed by atoms with Crippen molar-refractivity contribution in [2.75, 3.05) is 13.6 Å². The van der Waals surface area contributed by atoms with Crippen LogP contribution in [0.1, 0.15) is 48.5 Å². The van der Waals surface area contributed by atoms with Crippen LogP contribution in [0.25, 0.3) is 0 Å². The quantitative estimate of drug-likeness (QED) is 0.869. The smallest absolute Gasteiger partial charge is 0.257 e. The van der Waals surface area contributed by atoms with Crippen molar-refractivity contribution in [1.29, 1.82) is 0 Å². The molecule has 1 atom stereocenters. The molecule has 6 heteroatoms. The molecule has 2 aliphatic rings. The molecular weight excluding hydrogens is 331 g/mol. The SMILES string of the molecule is CNC(C)C1CCC(CN2Cc3cc(Cl)c(O)c(F)c3C2=O)CC1. The van der Waals surface area contributed by atoms with Crippen LogP contribution >= 0.6 is 11.6 Å². The van der Waals surface area contributed by atoms with Gasteiger partial charge in [-0.1, -0.05) is 11.6 Å². The third-order valence-corrected chi connectivity index (χ3v) is 5.96. The number of hydrogen-bond donors (Lipinski definition) is 2. The third-order valence-electron chi connectivity index (χ3n) is 5.67. The Hall–Kier alpha value is -1.33. The highest BCUT2D eigenvalue weighted by Crippen LogP contribution is 2.37. The van der Waals surface area contributed by atoms with Gasteiger partial charge in [-0.3, -0.25) is 4.79 Å². The van der Waals surface area contributed by atoms with Crippen LogP contribution in [-0.2, 0) is 6.54 Å². The average Bonchev–Trinajstić information content (AvgIpc) is 2.88. The van der Waals surface area contributed by atoms with E-state index in [0.717, 1.165) is 25.7 Å². The lowest BCUT2D eigenvalue weighted by Gasteiger charge is -2.33. The van der Waals surface area contributed by atoms with Crippen molar-refractivity contribution in [2.24, 2.45) is 11.8 Å². The van der Waals surface area contributed by atoms with Crippen LogP contribution in [0.5, 0.6) is 5.75 Å². The van der Waals surface area contributed by atoms with E-state index in [9.17, 15) is 14.3 Å². The molecule has 1 saturated carbocycles. The van der Waals surface area contributed by atoms with Gasteiger partial charge in [0, 0.05) is 19.1 Å². The third kappa shape index (κ3) is 3.11. The van der Waals surface area contributed by atoms with Crippen molar-refractivity contribution in [3.63, 3.8) is 0 Å². The molecule has 1 amide bonds. The zero-order chi connectivity index (χ0) is 17.4. The molecule has 0 radical (unpaired) electrons. The topological polar surface area (TPSA) is 52.6 Å². The maximum Gasteiger partial charge on any atom is 0.257 e. The number of phenols is 1. The number of amides is 1. The summed E-state index contributed by atoms with van der Waals surface area (Å²) in [6.07, 6.45) is 4.49. The number of phenolic OH excluding ortho intramolecular Hbond substituents is 1. The lowest BCUT2D eigenvalue weighted by molar-refractivity contribution is 0.0722. The van der Waals surface area contributed by atoms with Gasteiger partial charge in [0.05, 0.1) is 10.6 Å². The standard InChI is InChI=1S/C18H24ClFN2O2/c1-10(21-2)12-5-3-11(4-6-12)8-22-9-13-7-14(19)17(23)16(20)15(13)18(22)24/h7,10-12,21,23H,3-6,8-9H2,1-2H3. The summed E-state index contributed by atoms with van der Waals surface area (Å²) in [6.45, 7) is 3.23. The minimum Gasteiger partial charge on any atom is -0.504 e. The van der Waals surface area contributed by atoms with E-state index < -0.39 is 11.6 Å². The number of carbonyl (C=O) groups excluding carboxylic acids is 1. The highest BCUT2D eigenvalue weighted by atomic mass is 35.5. The Bertz CT molecular complexity index is 644.